The number of nitrogens with zero attached hydrogens (tertiary/aromatic N) is 6. The first-order valence-corrected chi connectivity index (χ1v) is 11.1. The van der Waals surface area contributed by atoms with E-state index in [4.69, 9.17) is 15.2 Å². The summed E-state index contributed by atoms with van der Waals surface area (Å²) in [6.07, 6.45) is 4.69. The lowest BCUT2D eigenvalue weighted by atomic mass is 10.1. The molecule has 36 heavy (non-hydrogen) atoms. The van der Waals surface area contributed by atoms with Crippen molar-refractivity contribution < 1.29 is 19.0 Å². The largest absolute Gasteiger partial charge is 0.489 e. The van der Waals surface area contributed by atoms with Crippen molar-refractivity contribution in [3.8, 4) is 28.5 Å². The summed E-state index contributed by atoms with van der Waals surface area (Å²) in [7, 11) is 0. The Kier molecular flexibility index (Phi) is 6.37. The fourth-order valence-corrected chi connectivity index (χ4v) is 3.64. The van der Waals surface area contributed by atoms with E-state index in [9.17, 15) is 9.50 Å². The number of benzene rings is 2. The third-order valence-corrected chi connectivity index (χ3v) is 5.32. The number of anilines is 1. The van der Waals surface area contributed by atoms with Crippen molar-refractivity contribution in [1.29, 1.82) is 0 Å². The van der Waals surface area contributed by atoms with Crippen LogP contribution in [0, 0.1) is 12.7 Å². The van der Waals surface area contributed by atoms with Crippen molar-refractivity contribution in [2.24, 2.45) is 0 Å². The number of aromatic nitrogens is 6. The molecule has 0 unspecified atom stereocenters. The van der Waals surface area contributed by atoms with Crippen LogP contribution in [0.15, 0.2) is 61.2 Å². The standard InChI is InChI=1S/C25H22FN7O3/c1-15-28-11-16(12-29-15)13-35-20-8-18(26)9-21(10-20)36-19-4-2-17(3-5-19)23-22-24(27)30-14-31-25(22)33(32-23)6-7-34/h2-5,8-12,14,34H,6-7,13H2,1H3,(H2,27,30,31). The lowest BCUT2D eigenvalue weighted by Crippen LogP contribution is -2.05. The summed E-state index contributed by atoms with van der Waals surface area (Å²) in [5.41, 5.74) is 8.74. The number of aryl methyl sites for hydroxylation is 1. The number of hydrogen-bond acceptors (Lipinski definition) is 9. The van der Waals surface area contributed by atoms with Crippen molar-refractivity contribution >= 4 is 16.9 Å². The summed E-state index contributed by atoms with van der Waals surface area (Å²) in [5, 5.41) is 14.5. The molecule has 0 atom stereocenters. The van der Waals surface area contributed by atoms with E-state index in [0.717, 1.165) is 11.1 Å². The van der Waals surface area contributed by atoms with Gasteiger partial charge in [0.1, 0.15) is 53.3 Å². The molecule has 3 N–H and O–H groups in total. The monoisotopic (exact) mass is 487 g/mol. The first kappa shape index (κ1) is 23.1. The SMILES string of the molecule is Cc1ncc(COc2cc(F)cc(Oc3ccc(-c4nn(CCO)c5ncnc(N)c45)cc3)c2)cn1. The number of rotatable bonds is 8. The third kappa shape index (κ3) is 4.91. The van der Waals surface area contributed by atoms with E-state index in [1.807, 2.05) is 0 Å². The van der Waals surface area contributed by atoms with Crippen LogP contribution in [0.3, 0.4) is 0 Å². The van der Waals surface area contributed by atoms with Crippen LogP contribution in [-0.4, -0.2) is 41.4 Å². The molecule has 0 aliphatic heterocycles. The van der Waals surface area contributed by atoms with Crippen molar-refractivity contribution in [2.75, 3.05) is 12.3 Å². The number of hydrogen-bond donors (Lipinski definition) is 2. The smallest absolute Gasteiger partial charge is 0.164 e. The van der Waals surface area contributed by atoms with E-state index in [-0.39, 0.29) is 25.5 Å². The van der Waals surface area contributed by atoms with Crippen LogP contribution in [-0.2, 0) is 13.2 Å². The van der Waals surface area contributed by atoms with Gasteiger partial charge in [-0.3, -0.25) is 0 Å². The van der Waals surface area contributed by atoms with Crippen molar-refractivity contribution in [2.45, 2.75) is 20.1 Å². The molecule has 0 saturated carbocycles. The Hall–Kier alpha value is -4.64. The minimum Gasteiger partial charge on any atom is -0.489 e. The van der Waals surface area contributed by atoms with Crippen molar-refractivity contribution in [3.05, 3.63) is 78.4 Å². The molecule has 5 rings (SSSR count). The van der Waals surface area contributed by atoms with E-state index in [0.29, 0.717) is 39.9 Å². The molecule has 0 amide bonds. The highest BCUT2D eigenvalue weighted by Crippen LogP contribution is 2.33. The molecule has 10 nitrogen and oxygen atoms in total. The molecule has 0 fully saturated rings. The van der Waals surface area contributed by atoms with Crippen LogP contribution in [0.5, 0.6) is 17.2 Å². The Bertz CT molecular complexity index is 1510. The number of aliphatic hydroxyl groups is 1. The molecule has 3 aromatic heterocycles. The maximum atomic E-state index is 14.2. The van der Waals surface area contributed by atoms with Gasteiger partial charge in [0.15, 0.2) is 5.65 Å². The van der Waals surface area contributed by atoms with E-state index >= 15 is 0 Å². The highest BCUT2D eigenvalue weighted by atomic mass is 19.1. The second kappa shape index (κ2) is 9.92. The van der Waals surface area contributed by atoms with Gasteiger partial charge >= 0.3 is 0 Å². The van der Waals surface area contributed by atoms with Gasteiger partial charge in [-0.05, 0) is 31.2 Å². The Morgan fingerprint density at radius 3 is 2.47 bits per heavy atom. The minimum absolute atomic E-state index is 0.0922. The van der Waals surface area contributed by atoms with E-state index < -0.39 is 5.82 Å². The Morgan fingerprint density at radius 1 is 0.972 bits per heavy atom. The zero-order valence-corrected chi connectivity index (χ0v) is 19.3. The summed E-state index contributed by atoms with van der Waals surface area (Å²) in [6, 6.07) is 11.3. The normalized spacial score (nSPS) is 11.1. The predicted molar refractivity (Wildman–Crippen MR) is 130 cm³/mol. The molecule has 5 aromatic rings. The second-order valence-electron chi connectivity index (χ2n) is 7.93. The number of halogens is 1. The van der Waals surface area contributed by atoms with Crippen LogP contribution in [0.2, 0.25) is 0 Å². The van der Waals surface area contributed by atoms with Gasteiger partial charge in [-0.15, -0.1) is 0 Å². The van der Waals surface area contributed by atoms with E-state index in [1.54, 1.807) is 54.3 Å². The summed E-state index contributed by atoms with van der Waals surface area (Å²) < 4.78 is 27.3. The molecule has 0 bridgehead atoms. The average molecular weight is 487 g/mol. The zero-order chi connectivity index (χ0) is 25.1. The number of nitrogen functional groups attached to an aromatic ring is 1. The Balaban J connectivity index is 1.35. The molecule has 3 heterocycles. The molecule has 11 heteroatoms. The lowest BCUT2D eigenvalue weighted by molar-refractivity contribution is 0.271. The van der Waals surface area contributed by atoms with Crippen LogP contribution in [0.25, 0.3) is 22.3 Å². The van der Waals surface area contributed by atoms with Gasteiger partial charge in [-0.1, -0.05) is 0 Å². The van der Waals surface area contributed by atoms with Crippen molar-refractivity contribution in [1.82, 2.24) is 29.7 Å². The molecule has 0 aliphatic carbocycles. The highest BCUT2D eigenvalue weighted by Gasteiger charge is 2.17. The van der Waals surface area contributed by atoms with Crippen molar-refractivity contribution in [3.63, 3.8) is 0 Å². The summed E-state index contributed by atoms with van der Waals surface area (Å²) >= 11 is 0. The maximum Gasteiger partial charge on any atom is 0.164 e. The third-order valence-electron chi connectivity index (χ3n) is 5.32. The van der Waals surface area contributed by atoms with Gasteiger partial charge in [-0.2, -0.15) is 5.10 Å². The maximum absolute atomic E-state index is 14.2. The first-order chi connectivity index (χ1) is 17.5. The van der Waals surface area contributed by atoms with Crippen LogP contribution >= 0.6 is 0 Å². The van der Waals surface area contributed by atoms with Gasteiger partial charge in [0.05, 0.1) is 18.5 Å². The molecular formula is C25H22FN7O3. The quantitative estimate of drug-likeness (QED) is 0.336. The molecular weight excluding hydrogens is 465 g/mol. The first-order valence-electron chi connectivity index (χ1n) is 11.1. The summed E-state index contributed by atoms with van der Waals surface area (Å²) in [5.74, 6) is 1.56. The van der Waals surface area contributed by atoms with Gasteiger partial charge < -0.3 is 20.3 Å². The summed E-state index contributed by atoms with van der Waals surface area (Å²) in [6.45, 7) is 2.17. The number of aliphatic hydroxyl groups excluding tert-OH is 1. The van der Waals surface area contributed by atoms with Crippen LogP contribution < -0.4 is 15.2 Å². The number of fused-ring (bicyclic) bond motifs is 1. The van der Waals surface area contributed by atoms with E-state index in [1.165, 1.54) is 18.5 Å². The molecule has 2 aromatic carbocycles. The average Bonchev–Trinajstić information content (AvgIpc) is 3.24. The molecule has 0 aliphatic rings. The summed E-state index contributed by atoms with van der Waals surface area (Å²) in [4.78, 5) is 16.6. The second-order valence-corrected chi connectivity index (χ2v) is 7.93. The Labute approximate surface area is 205 Å². The Morgan fingerprint density at radius 2 is 1.72 bits per heavy atom. The fraction of sp³-hybridized carbons (Fsp3) is 0.160. The number of nitrogens with two attached hydrogens (primary N) is 1. The fourth-order valence-electron chi connectivity index (χ4n) is 3.64. The van der Waals surface area contributed by atoms with Crippen LogP contribution in [0.1, 0.15) is 11.4 Å². The van der Waals surface area contributed by atoms with Gasteiger partial charge in [0.25, 0.3) is 0 Å². The van der Waals surface area contributed by atoms with Gasteiger partial charge in [-0.25, -0.2) is 29.0 Å². The molecule has 0 saturated heterocycles. The number of ether oxygens (including phenoxy) is 2. The topological polar surface area (TPSA) is 134 Å². The minimum atomic E-state index is -0.490. The molecule has 0 radical (unpaired) electrons. The lowest BCUT2D eigenvalue weighted by Gasteiger charge is -2.10. The molecule has 0 spiro atoms. The van der Waals surface area contributed by atoms with Gasteiger partial charge in [0, 0.05) is 41.7 Å². The predicted octanol–water partition coefficient (Wildman–Crippen LogP) is 3.68. The zero-order valence-electron chi connectivity index (χ0n) is 19.3. The molecule has 182 valence electrons. The van der Waals surface area contributed by atoms with Crippen LogP contribution in [0.4, 0.5) is 10.2 Å². The van der Waals surface area contributed by atoms with E-state index in [2.05, 4.69) is 25.0 Å². The highest BCUT2D eigenvalue weighted by molar-refractivity contribution is 5.98. The van der Waals surface area contributed by atoms with Gasteiger partial charge in [0.2, 0.25) is 0 Å².